The fourth-order valence-electron chi connectivity index (χ4n) is 3.48. The van der Waals surface area contributed by atoms with Gasteiger partial charge in [-0.3, -0.25) is 4.79 Å². The first-order valence-corrected chi connectivity index (χ1v) is 9.28. The summed E-state index contributed by atoms with van der Waals surface area (Å²) in [6.07, 6.45) is 3.34. The van der Waals surface area contributed by atoms with E-state index >= 15 is 0 Å². The van der Waals surface area contributed by atoms with Crippen molar-refractivity contribution in [1.29, 1.82) is 0 Å². The lowest BCUT2D eigenvalue weighted by Gasteiger charge is -2.32. The lowest BCUT2D eigenvalue weighted by atomic mass is 9.96. The Morgan fingerprint density at radius 1 is 1.23 bits per heavy atom. The van der Waals surface area contributed by atoms with Gasteiger partial charge in [0.05, 0.1) is 11.6 Å². The van der Waals surface area contributed by atoms with Crippen LogP contribution in [0.25, 0.3) is 10.9 Å². The molecule has 134 valence electrons. The first-order valence-electron chi connectivity index (χ1n) is 8.90. The SMILES string of the molecule is O=C(NCc1cc2ccccc2[nH]1)C1CCN(c2ccc(Cl)cn2)CC1. The Morgan fingerprint density at radius 3 is 2.77 bits per heavy atom. The highest BCUT2D eigenvalue weighted by Gasteiger charge is 2.25. The molecule has 26 heavy (non-hydrogen) atoms. The Morgan fingerprint density at radius 2 is 2.04 bits per heavy atom. The molecule has 2 N–H and O–H groups in total. The third kappa shape index (κ3) is 3.68. The molecule has 1 aliphatic heterocycles. The fourth-order valence-corrected chi connectivity index (χ4v) is 3.59. The number of nitrogens with one attached hydrogen (secondary N) is 2. The molecular weight excluding hydrogens is 348 g/mol. The Hall–Kier alpha value is -2.53. The van der Waals surface area contributed by atoms with Gasteiger partial charge in [0.1, 0.15) is 5.82 Å². The number of rotatable bonds is 4. The van der Waals surface area contributed by atoms with Crippen LogP contribution in [-0.2, 0) is 11.3 Å². The first kappa shape index (κ1) is 16.9. The van der Waals surface area contributed by atoms with Crippen LogP contribution in [0.4, 0.5) is 5.82 Å². The number of nitrogens with zero attached hydrogens (tertiary/aromatic N) is 2. The molecule has 0 saturated carbocycles. The average molecular weight is 369 g/mol. The minimum absolute atomic E-state index is 0.0583. The van der Waals surface area contributed by atoms with Crippen molar-refractivity contribution >= 4 is 34.2 Å². The number of aromatic amines is 1. The number of hydrogen-bond donors (Lipinski definition) is 2. The number of pyridine rings is 1. The summed E-state index contributed by atoms with van der Waals surface area (Å²) in [6, 6.07) is 14.0. The second-order valence-corrected chi connectivity index (χ2v) is 7.13. The summed E-state index contributed by atoms with van der Waals surface area (Å²) in [5, 5.41) is 4.88. The summed E-state index contributed by atoms with van der Waals surface area (Å²) < 4.78 is 0. The van der Waals surface area contributed by atoms with Crippen LogP contribution in [0.3, 0.4) is 0 Å². The van der Waals surface area contributed by atoms with E-state index in [1.165, 1.54) is 5.39 Å². The Labute approximate surface area is 157 Å². The molecular formula is C20H21ClN4O. The second kappa shape index (κ2) is 7.38. The monoisotopic (exact) mass is 368 g/mol. The number of aromatic nitrogens is 2. The van der Waals surface area contributed by atoms with Gasteiger partial charge < -0.3 is 15.2 Å². The fraction of sp³-hybridized carbons (Fsp3) is 0.300. The Balaban J connectivity index is 1.30. The van der Waals surface area contributed by atoms with Crippen LogP contribution in [0, 0.1) is 5.92 Å². The van der Waals surface area contributed by atoms with E-state index in [0.29, 0.717) is 11.6 Å². The van der Waals surface area contributed by atoms with Crippen LogP contribution >= 0.6 is 11.6 Å². The van der Waals surface area contributed by atoms with E-state index in [1.807, 2.05) is 30.3 Å². The number of anilines is 1. The summed E-state index contributed by atoms with van der Waals surface area (Å²) in [7, 11) is 0. The van der Waals surface area contributed by atoms with Crippen LogP contribution in [-0.4, -0.2) is 29.0 Å². The quantitative estimate of drug-likeness (QED) is 0.737. The number of hydrogen-bond acceptors (Lipinski definition) is 3. The predicted octanol–water partition coefficient (Wildman–Crippen LogP) is 3.75. The molecule has 3 aromatic rings. The summed E-state index contributed by atoms with van der Waals surface area (Å²) in [5.41, 5.74) is 2.13. The topological polar surface area (TPSA) is 61.0 Å². The molecule has 1 aliphatic rings. The largest absolute Gasteiger partial charge is 0.357 e. The van der Waals surface area contributed by atoms with Gasteiger partial charge in [0, 0.05) is 36.4 Å². The number of carbonyl (C=O) groups is 1. The van der Waals surface area contributed by atoms with E-state index in [1.54, 1.807) is 6.20 Å². The van der Waals surface area contributed by atoms with Crippen molar-refractivity contribution in [3.8, 4) is 0 Å². The molecule has 0 spiro atoms. The molecule has 0 radical (unpaired) electrons. The maximum absolute atomic E-state index is 12.5. The van der Waals surface area contributed by atoms with Crippen molar-refractivity contribution in [1.82, 2.24) is 15.3 Å². The van der Waals surface area contributed by atoms with Crippen LogP contribution in [0.2, 0.25) is 5.02 Å². The third-order valence-corrected chi connectivity index (χ3v) is 5.16. The number of H-pyrrole nitrogens is 1. The maximum Gasteiger partial charge on any atom is 0.223 e. The molecule has 5 nitrogen and oxygen atoms in total. The molecule has 6 heteroatoms. The van der Waals surface area contributed by atoms with Crippen molar-refractivity contribution in [3.05, 3.63) is 59.4 Å². The van der Waals surface area contributed by atoms with Gasteiger partial charge in [0.25, 0.3) is 0 Å². The van der Waals surface area contributed by atoms with Crippen LogP contribution in [0.5, 0.6) is 0 Å². The van der Waals surface area contributed by atoms with Gasteiger partial charge in [0.15, 0.2) is 0 Å². The van der Waals surface area contributed by atoms with E-state index in [0.717, 1.165) is 43.0 Å². The number of carbonyl (C=O) groups excluding carboxylic acids is 1. The van der Waals surface area contributed by atoms with E-state index in [4.69, 9.17) is 11.6 Å². The van der Waals surface area contributed by atoms with Crippen molar-refractivity contribution in [2.75, 3.05) is 18.0 Å². The number of piperidine rings is 1. The number of para-hydroxylation sites is 1. The zero-order valence-electron chi connectivity index (χ0n) is 14.4. The molecule has 0 unspecified atom stereocenters. The third-order valence-electron chi connectivity index (χ3n) is 4.94. The Kier molecular flexibility index (Phi) is 4.80. The maximum atomic E-state index is 12.5. The molecule has 0 aliphatic carbocycles. The Bertz CT molecular complexity index is 865. The molecule has 0 atom stereocenters. The summed E-state index contributed by atoms with van der Waals surface area (Å²) >= 11 is 5.89. The highest BCUT2D eigenvalue weighted by atomic mass is 35.5. The molecule has 1 fully saturated rings. The average Bonchev–Trinajstić information content (AvgIpc) is 3.10. The number of fused-ring (bicyclic) bond motifs is 1. The van der Waals surface area contributed by atoms with Crippen LogP contribution in [0.15, 0.2) is 48.7 Å². The molecule has 1 amide bonds. The van der Waals surface area contributed by atoms with E-state index in [-0.39, 0.29) is 11.8 Å². The normalized spacial score (nSPS) is 15.3. The lowest BCUT2D eigenvalue weighted by Crippen LogP contribution is -2.40. The summed E-state index contributed by atoms with van der Waals surface area (Å²) in [5.74, 6) is 1.11. The molecule has 1 saturated heterocycles. The van der Waals surface area contributed by atoms with Crippen molar-refractivity contribution in [2.45, 2.75) is 19.4 Å². The van der Waals surface area contributed by atoms with Crippen molar-refractivity contribution in [2.24, 2.45) is 5.92 Å². The van der Waals surface area contributed by atoms with Crippen molar-refractivity contribution in [3.63, 3.8) is 0 Å². The molecule has 2 aromatic heterocycles. The number of benzene rings is 1. The molecule has 0 bridgehead atoms. The minimum atomic E-state index is 0.0583. The zero-order valence-corrected chi connectivity index (χ0v) is 15.2. The van der Waals surface area contributed by atoms with Gasteiger partial charge in [-0.2, -0.15) is 0 Å². The summed E-state index contributed by atoms with van der Waals surface area (Å²) in [4.78, 5) is 22.4. The van der Waals surface area contributed by atoms with E-state index in [9.17, 15) is 4.79 Å². The smallest absolute Gasteiger partial charge is 0.223 e. The van der Waals surface area contributed by atoms with Gasteiger partial charge in [-0.25, -0.2) is 4.98 Å². The second-order valence-electron chi connectivity index (χ2n) is 6.70. The highest BCUT2D eigenvalue weighted by Crippen LogP contribution is 2.23. The first-order chi connectivity index (χ1) is 12.7. The standard InChI is InChI=1S/C20H21ClN4O/c21-16-5-6-19(22-12-16)25-9-7-14(8-10-25)20(26)23-13-17-11-15-3-1-2-4-18(15)24-17/h1-6,11-12,14,24H,7-10,13H2,(H,23,26). The van der Waals surface area contributed by atoms with Gasteiger partial charge >= 0.3 is 0 Å². The van der Waals surface area contributed by atoms with Gasteiger partial charge in [-0.05, 0) is 42.5 Å². The predicted molar refractivity (Wildman–Crippen MR) is 104 cm³/mol. The van der Waals surface area contributed by atoms with Crippen molar-refractivity contribution < 1.29 is 4.79 Å². The van der Waals surface area contributed by atoms with Crippen LogP contribution in [0.1, 0.15) is 18.5 Å². The minimum Gasteiger partial charge on any atom is -0.357 e. The highest BCUT2D eigenvalue weighted by molar-refractivity contribution is 6.30. The van der Waals surface area contributed by atoms with Gasteiger partial charge in [-0.15, -0.1) is 0 Å². The van der Waals surface area contributed by atoms with Gasteiger partial charge in [0.2, 0.25) is 5.91 Å². The molecule has 3 heterocycles. The number of halogens is 1. The van der Waals surface area contributed by atoms with E-state index in [2.05, 4.69) is 32.3 Å². The van der Waals surface area contributed by atoms with Gasteiger partial charge in [-0.1, -0.05) is 29.8 Å². The molecule has 4 rings (SSSR count). The zero-order chi connectivity index (χ0) is 17.9. The summed E-state index contributed by atoms with van der Waals surface area (Å²) in [6.45, 7) is 2.20. The van der Waals surface area contributed by atoms with Crippen LogP contribution < -0.4 is 10.2 Å². The lowest BCUT2D eigenvalue weighted by molar-refractivity contribution is -0.125. The van der Waals surface area contributed by atoms with E-state index < -0.39 is 0 Å². The number of amides is 1. The molecule has 1 aromatic carbocycles.